The van der Waals surface area contributed by atoms with E-state index < -0.39 is 5.97 Å². The molecule has 2 aromatic carbocycles. The van der Waals surface area contributed by atoms with E-state index in [0.29, 0.717) is 10.6 Å². The van der Waals surface area contributed by atoms with Gasteiger partial charge in [0.1, 0.15) is 0 Å². The summed E-state index contributed by atoms with van der Waals surface area (Å²) in [6.07, 6.45) is 1.67. The lowest BCUT2D eigenvalue weighted by atomic mass is 10.1. The topological polar surface area (TPSA) is 84.9 Å². The average Bonchev–Trinajstić information content (AvgIpc) is 3.06. The molecular formula is C21H21NO5S. The van der Waals surface area contributed by atoms with E-state index in [1.54, 1.807) is 0 Å². The second kappa shape index (κ2) is 8.31. The number of ether oxygens (including phenoxy) is 2. The van der Waals surface area contributed by atoms with Gasteiger partial charge in [-0.25, -0.2) is 4.79 Å². The Balaban J connectivity index is 2.05. The summed E-state index contributed by atoms with van der Waals surface area (Å²) in [7, 11) is 2.88. The van der Waals surface area contributed by atoms with Gasteiger partial charge in [-0.15, -0.1) is 11.3 Å². The predicted octanol–water partition coefficient (Wildman–Crippen LogP) is 4.82. The Hall–Kier alpha value is -3.06. The number of thiophene rings is 1. The van der Waals surface area contributed by atoms with Crippen LogP contribution in [0, 0.1) is 0 Å². The highest BCUT2D eigenvalue weighted by Crippen LogP contribution is 2.36. The summed E-state index contributed by atoms with van der Waals surface area (Å²) in [5.41, 5.74) is 1.08. The molecule has 0 atom stereocenters. The molecule has 6 nitrogen and oxygen atoms in total. The first-order chi connectivity index (χ1) is 13.5. The molecule has 0 saturated carbocycles. The van der Waals surface area contributed by atoms with E-state index in [-0.39, 0.29) is 22.9 Å². The highest BCUT2D eigenvalue weighted by Gasteiger charge is 2.22. The lowest BCUT2D eigenvalue weighted by molar-refractivity contribution is 0.0697. The van der Waals surface area contributed by atoms with Gasteiger partial charge in [-0.05, 0) is 23.4 Å². The molecule has 0 aliphatic rings. The van der Waals surface area contributed by atoms with Gasteiger partial charge in [0.15, 0.2) is 11.5 Å². The molecule has 146 valence electrons. The summed E-state index contributed by atoms with van der Waals surface area (Å²) < 4.78 is 11.4. The molecule has 0 aliphatic heterocycles. The molecule has 1 amide bonds. The average molecular weight is 399 g/mol. The Bertz CT molecular complexity index is 1040. The largest absolute Gasteiger partial charge is 0.493 e. The lowest BCUT2D eigenvalue weighted by Gasteiger charge is -2.14. The Morgan fingerprint density at radius 3 is 2.43 bits per heavy atom. The molecule has 0 saturated heterocycles. The molecule has 0 spiro atoms. The first-order valence-electron chi connectivity index (χ1n) is 8.81. The van der Waals surface area contributed by atoms with E-state index in [2.05, 4.69) is 12.2 Å². The molecule has 7 heteroatoms. The monoisotopic (exact) mass is 399 g/mol. The van der Waals surface area contributed by atoms with Crippen LogP contribution in [0.1, 0.15) is 38.9 Å². The molecule has 0 unspecified atom stereocenters. The maximum Gasteiger partial charge on any atom is 0.337 e. The van der Waals surface area contributed by atoms with Crippen molar-refractivity contribution in [3.05, 3.63) is 52.4 Å². The summed E-state index contributed by atoms with van der Waals surface area (Å²) in [6, 6.07) is 10.7. The van der Waals surface area contributed by atoms with Crippen molar-refractivity contribution in [2.75, 3.05) is 19.5 Å². The van der Waals surface area contributed by atoms with Crippen molar-refractivity contribution < 1.29 is 24.2 Å². The number of aryl methyl sites for hydroxylation is 1. The van der Waals surface area contributed by atoms with Gasteiger partial charge >= 0.3 is 5.97 Å². The Morgan fingerprint density at radius 1 is 1.11 bits per heavy atom. The molecule has 0 fully saturated rings. The quantitative estimate of drug-likeness (QED) is 0.595. The number of carboxylic acid groups (broad SMARTS) is 1. The third-order valence-corrected chi connectivity index (χ3v) is 5.62. The van der Waals surface area contributed by atoms with E-state index >= 15 is 0 Å². The van der Waals surface area contributed by atoms with Crippen molar-refractivity contribution >= 4 is 39.0 Å². The summed E-state index contributed by atoms with van der Waals surface area (Å²) in [5, 5.41) is 13.4. The molecule has 2 N–H and O–H groups in total. The molecular weight excluding hydrogens is 378 g/mol. The molecule has 3 rings (SSSR count). The molecule has 3 aromatic rings. The number of hydrogen-bond donors (Lipinski definition) is 2. The van der Waals surface area contributed by atoms with Crippen LogP contribution in [0.3, 0.4) is 0 Å². The van der Waals surface area contributed by atoms with Crippen molar-refractivity contribution in [1.82, 2.24) is 0 Å². The third-order valence-electron chi connectivity index (χ3n) is 4.41. The number of aromatic carboxylic acids is 1. The second-order valence-electron chi connectivity index (χ2n) is 6.17. The number of carbonyl (C=O) groups excluding carboxylic acids is 1. The standard InChI is InChI=1S/C21H21NO5S/c1-4-7-13-12-8-5-6-9-18(12)28-19(13)20(23)22-15-11-17(27-3)16(26-2)10-14(15)21(24)25/h5-6,8-11H,4,7H2,1-3H3,(H,22,23)(H,24,25). The van der Waals surface area contributed by atoms with Crippen LogP contribution in [0.5, 0.6) is 11.5 Å². The van der Waals surface area contributed by atoms with Gasteiger partial charge in [0, 0.05) is 16.8 Å². The number of fused-ring (bicyclic) bond motifs is 1. The van der Waals surface area contributed by atoms with Gasteiger partial charge in [0.2, 0.25) is 0 Å². The van der Waals surface area contributed by atoms with E-state index in [1.165, 1.54) is 37.7 Å². The highest BCUT2D eigenvalue weighted by molar-refractivity contribution is 7.21. The summed E-state index contributed by atoms with van der Waals surface area (Å²) in [5.74, 6) is -0.875. The second-order valence-corrected chi connectivity index (χ2v) is 7.22. The number of carbonyl (C=O) groups is 2. The van der Waals surface area contributed by atoms with Crippen LogP contribution in [-0.2, 0) is 6.42 Å². The Labute approximate surface area is 166 Å². The van der Waals surface area contributed by atoms with Crippen molar-refractivity contribution in [3.8, 4) is 11.5 Å². The van der Waals surface area contributed by atoms with Crippen molar-refractivity contribution in [2.45, 2.75) is 19.8 Å². The van der Waals surface area contributed by atoms with Gasteiger partial charge in [-0.1, -0.05) is 31.5 Å². The number of carboxylic acids is 1. The van der Waals surface area contributed by atoms with Crippen molar-refractivity contribution in [1.29, 1.82) is 0 Å². The molecule has 0 aliphatic carbocycles. The first kappa shape index (κ1) is 19.7. The van der Waals surface area contributed by atoms with Gasteiger partial charge in [-0.2, -0.15) is 0 Å². The van der Waals surface area contributed by atoms with Gasteiger partial charge in [-0.3, -0.25) is 4.79 Å². The van der Waals surface area contributed by atoms with Crippen LogP contribution < -0.4 is 14.8 Å². The fourth-order valence-electron chi connectivity index (χ4n) is 3.12. The van der Waals surface area contributed by atoms with Crippen LogP contribution >= 0.6 is 11.3 Å². The smallest absolute Gasteiger partial charge is 0.337 e. The normalized spacial score (nSPS) is 10.7. The zero-order chi connectivity index (χ0) is 20.3. The minimum atomic E-state index is -1.17. The highest BCUT2D eigenvalue weighted by atomic mass is 32.1. The van der Waals surface area contributed by atoms with Gasteiger partial charge in [0.05, 0.1) is 30.3 Å². The van der Waals surface area contributed by atoms with Crippen LogP contribution in [0.25, 0.3) is 10.1 Å². The number of nitrogens with one attached hydrogen (secondary N) is 1. The van der Waals surface area contributed by atoms with Crippen molar-refractivity contribution in [3.63, 3.8) is 0 Å². The summed E-state index contributed by atoms with van der Waals surface area (Å²) in [4.78, 5) is 25.3. The first-order valence-corrected chi connectivity index (χ1v) is 9.62. The van der Waals surface area contributed by atoms with Crippen LogP contribution in [0.4, 0.5) is 5.69 Å². The number of hydrogen-bond acceptors (Lipinski definition) is 5. The molecule has 1 heterocycles. The van der Waals surface area contributed by atoms with Crippen LogP contribution in [0.2, 0.25) is 0 Å². The van der Waals surface area contributed by atoms with Crippen molar-refractivity contribution in [2.24, 2.45) is 0 Å². The molecule has 0 bridgehead atoms. The lowest BCUT2D eigenvalue weighted by Crippen LogP contribution is -2.15. The maximum atomic E-state index is 13.0. The molecule has 28 heavy (non-hydrogen) atoms. The number of anilines is 1. The van der Waals surface area contributed by atoms with Crippen LogP contribution in [0.15, 0.2) is 36.4 Å². The van der Waals surface area contributed by atoms with E-state index in [4.69, 9.17) is 9.47 Å². The van der Waals surface area contributed by atoms with E-state index in [1.807, 2.05) is 24.3 Å². The zero-order valence-corrected chi connectivity index (χ0v) is 16.7. The summed E-state index contributed by atoms with van der Waals surface area (Å²) in [6.45, 7) is 2.06. The van der Waals surface area contributed by atoms with E-state index in [0.717, 1.165) is 28.5 Å². The zero-order valence-electron chi connectivity index (χ0n) is 15.9. The molecule has 0 radical (unpaired) electrons. The minimum Gasteiger partial charge on any atom is -0.493 e. The van der Waals surface area contributed by atoms with Gasteiger partial charge in [0.25, 0.3) is 5.91 Å². The third kappa shape index (κ3) is 3.66. The predicted molar refractivity (Wildman–Crippen MR) is 110 cm³/mol. The maximum absolute atomic E-state index is 13.0. The van der Waals surface area contributed by atoms with Crippen LogP contribution in [-0.4, -0.2) is 31.2 Å². The van der Waals surface area contributed by atoms with Gasteiger partial charge < -0.3 is 19.9 Å². The Morgan fingerprint density at radius 2 is 1.79 bits per heavy atom. The molecule has 1 aromatic heterocycles. The Kier molecular flexibility index (Phi) is 5.84. The summed E-state index contributed by atoms with van der Waals surface area (Å²) >= 11 is 1.41. The number of benzene rings is 2. The minimum absolute atomic E-state index is 0.0656. The SMILES string of the molecule is CCCc1c(C(=O)Nc2cc(OC)c(OC)cc2C(=O)O)sc2ccccc12. The number of methoxy groups -OCH3 is 2. The number of amides is 1. The fraction of sp³-hybridized carbons (Fsp3) is 0.238. The van der Waals surface area contributed by atoms with E-state index in [9.17, 15) is 14.7 Å². The number of rotatable bonds is 7. The fourth-order valence-corrected chi connectivity index (χ4v) is 4.27.